The van der Waals surface area contributed by atoms with Crippen molar-refractivity contribution >= 4 is 33.2 Å². The second kappa shape index (κ2) is 8.46. The van der Waals surface area contributed by atoms with E-state index < -0.39 is 10.0 Å². The van der Waals surface area contributed by atoms with Gasteiger partial charge in [-0.25, -0.2) is 8.42 Å². The summed E-state index contributed by atoms with van der Waals surface area (Å²) in [5, 5.41) is 0.684. The van der Waals surface area contributed by atoms with Gasteiger partial charge < -0.3 is 4.90 Å². The molecule has 29 heavy (non-hydrogen) atoms. The van der Waals surface area contributed by atoms with Crippen molar-refractivity contribution in [3.05, 3.63) is 58.6 Å². The van der Waals surface area contributed by atoms with Gasteiger partial charge in [0, 0.05) is 36.8 Å². The minimum atomic E-state index is -3.45. The van der Waals surface area contributed by atoms with E-state index >= 15 is 0 Å². The molecule has 154 valence electrons. The molecule has 1 amide bonds. The van der Waals surface area contributed by atoms with Crippen LogP contribution in [0, 0.1) is 0 Å². The molecule has 0 radical (unpaired) electrons. The van der Waals surface area contributed by atoms with E-state index in [9.17, 15) is 13.2 Å². The minimum absolute atomic E-state index is 0.0605. The number of piperidine rings is 1. The SMILES string of the molecule is O=C(CCc1ccc(Cl)cc1)N1CCc2cc(S(=O)(=O)N3CCCCC3)ccc21. The van der Waals surface area contributed by atoms with Crippen LogP contribution in [0.15, 0.2) is 47.4 Å². The lowest BCUT2D eigenvalue weighted by Gasteiger charge is -2.26. The molecule has 0 atom stereocenters. The zero-order valence-electron chi connectivity index (χ0n) is 16.3. The molecule has 0 aromatic heterocycles. The molecule has 5 nitrogen and oxygen atoms in total. The first-order valence-electron chi connectivity index (χ1n) is 10.1. The van der Waals surface area contributed by atoms with Crippen molar-refractivity contribution in [2.24, 2.45) is 0 Å². The van der Waals surface area contributed by atoms with Gasteiger partial charge in [0.1, 0.15) is 0 Å². The van der Waals surface area contributed by atoms with Crippen molar-refractivity contribution in [3.63, 3.8) is 0 Å². The highest BCUT2D eigenvalue weighted by atomic mass is 35.5. The highest BCUT2D eigenvalue weighted by molar-refractivity contribution is 7.89. The normalized spacial score (nSPS) is 17.3. The lowest BCUT2D eigenvalue weighted by Crippen LogP contribution is -2.35. The summed E-state index contributed by atoms with van der Waals surface area (Å²) in [7, 11) is -3.45. The summed E-state index contributed by atoms with van der Waals surface area (Å²) in [6, 6.07) is 12.7. The van der Waals surface area contributed by atoms with Gasteiger partial charge in [0.25, 0.3) is 0 Å². The summed E-state index contributed by atoms with van der Waals surface area (Å²) in [4.78, 5) is 14.9. The molecule has 2 aliphatic heterocycles. The Morgan fingerprint density at radius 1 is 0.966 bits per heavy atom. The number of fused-ring (bicyclic) bond motifs is 1. The van der Waals surface area contributed by atoms with E-state index in [1.807, 2.05) is 24.3 Å². The van der Waals surface area contributed by atoms with Crippen LogP contribution in [0.1, 0.15) is 36.8 Å². The number of halogens is 1. The molecule has 2 heterocycles. The molecule has 0 saturated carbocycles. The predicted octanol–water partition coefficient (Wildman–Crippen LogP) is 4.04. The van der Waals surface area contributed by atoms with Gasteiger partial charge in [0.15, 0.2) is 0 Å². The van der Waals surface area contributed by atoms with Crippen molar-refractivity contribution in [2.75, 3.05) is 24.5 Å². The van der Waals surface area contributed by atoms with Crippen molar-refractivity contribution in [1.82, 2.24) is 4.31 Å². The molecule has 1 saturated heterocycles. The first-order valence-corrected chi connectivity index (χ1v) is 11.9. The fraction of sp³-hybridized carbons (Fsp3) is 0.409. The Balaban J connectivity index is 1.46. The molecule has 0 unspecified atom stereocenters. The number of benzene rings is 2. The Bertz CT molecular complexity index is 999. The molecule has 1 fully saturated rings. The van der Waals surface area contributed by atoms with E-state index in [1.165, 1.54) is 0 Å². The highest BCUT2D eigenvalue weighted by Gasteiger charge is 2.29. The van der Waals surface area contributed by atoms with Crippen molar-refractivity contribution in [3.8, 4) is 0 Å². The average Bonchev–Trinajstić information content (AvgIpc) is 3.17. The number of rotatable bonds is 5. The van der Waals surface area contributed by atoms with Crippen molar-refractivity contribution in [1.29, 1.82) is 0 Å². The molecule has 2 aliphatic rings. The van der Waals surface area contributed by atoms with Crippen LogP contribution >= 0.6 is 11.6 Å². The van der Waals surface area contributed by atoms with Crippen LogP contribution in [0.4, 0.5) is 5.69 Å². The third kappa shape index (κ3) is 4.34. The first kappa shape index (κ1) is 20.4. The number of anilines is 1. The van der Waals surface area contributed by atoms with Gasteiger partial charge in [-0.2, -0.15) is 4.31 Å². The minimum Gasteiger partial charge on any atom is -0.312 e. The van der Waals surface area contributed by atoms with E-state index in [1.54, 1.807) is 27.4 Å². The third-order valence-corrected chi connectivity index (χ3v) is 7.89. The van der Waals surface area contributed by atoms with Crippen LogP contribution < -0.4 is 4.90 Å². The summed E-state index contributed by atoms with van der Waals surface area (Å²) in [6.07, 6.45) is 4.67. The van der Waals surface area contributed by atoms with Gasteiger partial charge in [0.2, 0.25) is 15.9 Å². The monoisotopic (exact) mass is 432 g/mol. The van der Waals surface area contributed by atoms with Crippen LogP contribution in [0.25, 0.3) is 0 Å². The molecular formula is C22H25ClN2O3S. The zero-order valence-corrected chi connectivity index (χ0v) is 17.9. The number of aryl methyl sites for hydroxylation is 1. The van der Waals surface area contributed by atoms with Crippen molar-refractivity contribution < 1.29 is 13.2 Å². The summed E-state index contributed by atoms with van der Waals surface area (Å²) in [5.41, 5.74) is 2.84. The van der Waals surface area contributed by atoms with Crippen LogP contribution in [-0.4, -0.2) is 38.3 Å². The van der Waals surface area contributed by atoms with Gasteiger partial charge in [-0.05, 0) is 67.1 Å². The Morgan fingerprint density at radius 3 is 2.41 bits per heavy atom. The maximum absolute atomic E-state index is 12.9. The summed E-state index contributed by atoms with van der Waals surface area (Å²) in [5.74, 6) is 0.0605. The lowest BCUT2D eigenvalue weighted by molar-refractivity contribution is -0.118. The molecule has 4 rings (SSSR count). The van der Waals surface area contributed by atoms with Gasteiger partial charge in [0.05, 0.1) is 4.90 Å². The third-order valence-electron chi connectivity index (χ3n) is 5.74. The Hall–Kier alpha value is -1.89. The molecule has 2 aromatic rings. The maximum atomic E-state index is 12.9. The summed E-state index contributed by atoms with van der Waals surface area (Å²) in [6.45, 7) is 1.78. The zero-order chi connectivity index (χ0) is 20.4. The molecule has 0 N–H and O–H groups in total. The van der Waals surface area contributed by atoms with Crippen molar-refractivity contribution in [2.45, 2.75) is 43.4 Å². The first-order chi connectivity index (χ1) is 13.9. The van der Waals surface area contributed by atoms with E-state index in [2.05, 4.69) is 0 Å². The Kier molecular flexibility index (Phi) is 5.95. The smallest absolute Gasteiger partial charge is 0.243 e. The largest absolute Gasteiger partial charge is 0.312 e. The highest BCUT2D eigenvalue weighted by Crippen LogP contribution is 2.32. The average molecular weight is 433 g/mol. The number of nitrogens with zero attached hydrogens (tertiary/aromatic N) is 2. The second-order valence-electron chi connectivity index (χ2n) is 7.68. The molecule has 0 bridgehead atoms. The van der Waals surface area contributed by atoms with Crippen LogP contribution in [0.3, 0.4) is 0 Å². The summed E-state index contributed by atoms with van der Waals surface area (Å²) >= 11 is 5.91. The molecule has 0 aliphatic carbocycles. The van der Waals surface area contributed by atoms with E-state index in [4.69, 9.17) is 11.6 Å². The number of hydrogen-bond acceptors (Lipinski definition) is 3. The molecular weight excluding hydrogens is 408 g/mol. The number of sulfonamides is 1. The lowest BCUT2D eigenvalue weighted by atomic mass is 10.1. The molecule has 0 spiro atoms. The standard InChI is InChI=1S/C22H25ClN2O3S/c23-19-7-4-17(5-8-19)6-11-22(26)25-15-12-18-16-20(9-10-21(18)25)29(27,28)24-13-2-1-3-14-24/h4-5,7-10,16H,1-3,6,11-15H2. The quantitative estimate of drug-likeness (QED) is 0.716. The molecule has 2 aromatic carbocycles. The van der Waals surface area contributed by atoms with E-state index in [0.29, 0.717) is 48.8 Å². The predicted molar refractivity (Wildman–Crippen MR) is 115 cm³/mol. The second-order valence-corrected chi connectivity index (χ2v) is 10.1. The number of amides is 1. The van der Waals surface area contributed by atoms with Gasteiger partial charge in [-0.1, -0.05) is 30.2 Å². The van der Waals surface area contributed by atoms with Gasteiger partial charge in [-0.15, -0.1) is 0 Å². The van der Waals surface area contributed by atoms with Gasteiger partial charge >= 0.3 is 0 Å². The van der Waals surface area contributed by atoms with E-state index in [0.717, 1.165) is 36.1 Å². The summed E-state index contributed by atoms with van der Waals surface area (Å²) < 4.78 is 27.4. The van der Waals surface area contributed by atoms with Crippen LogP contribution in [-0.2, 0) is 27.7 Å². The fourth-order valence-corrected chi connectivity index (χ4v) is 5.78. The molecule has 7 heteroatoms. The topological polar surface area (TPSA) is 57.7 Å². The maximum Gasteiger partial charge on any atom is 0.243 e. The number of carbonyl (C=O) groups is 1. The van der Waals surface area contributed by atoms with Crippen LogP contribution in [0.2, 0.25) is 5.02 Å². The van der Waals surface area contributed by atoms with Crippen LogP contribution in [0.5, 0.6) is 0 Å². The number of hydrogen-bond donors (Lipinski definition) is 0. The fourth-order valence-electron chi connectivity index (χ4n) is 4.09. The van der Waals surface area contributed by atoms with Gasteiger partial charge in [-0.3, -0.25) is 4.79 Å². The number of carbonyl (C=O) groups excluding carboxylic acids is 1. The van der Waals surface area contributed by atoms with E-state index in [-0.39, 0.29) is 5.91 Å². The Morgan fingerprint density at radius 2 is 1.69 bits per heavy atom. The Labute approximate surface area is 177 Å².